The molecule has 45 heavy (non-hydrogen) atoms. The second kappa shape index (κ2) is 17.2. The number of nitrogens with one attached hydrogen (secondary N) is 2. The van der Waals surface area contributed by atoms with Crippen LogP contribution in [0.15, 0.2) is 61.2 Å². The maximum absolute atomic E-state index is 13.3. The SMILES string of the molecule is C=CCOP(=O)(OCCCC(=O)OC(C)(C)C)OCC(NC(=O)OCC1c2ccccc2-c2ccccc21)C(=O)NCCCO. The van der Waals surface area contributed by atoms with Gasteiger partial charge in [-0.25, -0.2) is 9.36 Å². The molecule has 0 fully saturated rings. The number of phosphoric acid groups is 1. The topological polar surface area (TPSA) is 159 Å². The molecule has 3 N–H and O–H groups in total. The Bertz CT molecular complexity index is 1310. The zero-order valence-electron chi connectivity index (χ0n) is 26.0. The van der Waals surface area contributed by atoms with Gasteiger partial charge < -0.3 is 25.2 Å². The summed E-state index contributed by atoms with van der Waals surface area (Å²) in [5.74, 6) is -1.30. The van der Waals surface area contributed by atoms with Gasteiger partial charge in [-0.15, -0.1) is 6.58 Å². The van der Waals surface area contributed by atoms with E-state index < -0.39 is 44.0 Å². The molecule has 12 nitrogen and oxygen atoms in total. The molecule has 2 atom stereocenters. The molecule has 2 amide bonds. The normalized spacial score (nSPS) is 14.4. The number of carbonyl (C=O) groups excluding carboxylic acids is 3. The third-order valence-corrected chi connectivity index (χ3v) is 7.96. The Hall–Kier alpha value is -3.54. The van der Waals surface area contributed by atoms with Gasteiger partial charge in [-0.1, -0.05) is 54.6 Å². The van der Waals surface area contributed by atoms with Gasteiger partial charge in [-0.05, 0) is 55.9 Å². The van der Waals surface area contributed by atoms with Crippen molar-refractivity contribution in [3.63, 3.8) is 0 Å². The molecule has 0 aromatic heterocycles. The number of aliphatic hydroxyl groups excluding tert-OH is 1. The number of rotatable bonds is 18. The van der Waals surface area contributed by atoms with Gasteiger partial charge in [0.25, 0.3) is 0 Å². The lowest BCUT2D eigenvalue weighted by atomic mass is 9.98. The minimum Gasteiger partial charge on any atom is -0.460 e. The number of ether oxygens (including phenoxy) is 2. The zero-order valence-corrected chi connectivity index (χ0v) is 26.9. The standard InChI is InChI=1S/C32H43N2O10P/c1-5-19-41-45(39,42-20-10-16-29(36)44-32(2,3)4)43-22-28(30(37)33-17-11-18-35)34-31(38)40-21-27-25-14-8-6-12-23(25)24-13-7-9-15-26(24)27/h5-9,12-15,27-28,35H,1,10-11,16-22H2,2-4H3,(H,33,37)(H,34,38). The lowest BCUT2D eigenvalue weighted by Crippen LogP contribution is -2.49. The molecule has 0 aliphatic heterocycles. The van der Waals surface area contributed by atoms with Gasteiger partial charge in [0.05, 0.1) is 19.8 Å². The highest BCUT2D eigenvalue weighted by atomic mass is 31.2. The number of amides is 2. The number of aliphatic hydroxyl groups is 1. The molecule has 0 saturated carbocycles. The van der Waals surface area contributed by atoms with Crippen molar-refractivity contribution >= 4 is 25.8 Å². The van der Waals surface area contributed by atoms with Gasteiger partial charge in [-0.3, -0.25) is 23.2 Å². The van der Waals surface area contributed by atoms with E-state index in [1.54, 1.807) is 20.8 Å². The summed E-state index contributed by atoms with van der Waals surface area (Å²) in [4.78, 5) is 37.9. The minimum atomic E-state index is -4.25. The third kappa shape index (κ3) is 11.4. The highest BCUT2D eigenvalue weighted by molar-refractivity contribution is 7.48. The van der Waals surface area contributed by atoms with E-state index in [1.165, 1.54) is 6.08 Å². The van der Waals surface area contributed by atoms with Crippen molar-refractivity contribution in [2.24, 2.45) is 0 Å². The van der Waals surface area contributed by atoms with E-state index in [4.69, 9.17) is 28.2 Å². The molecular formula is C32H43N2O10P. The van der Waals surface area contributed by atoms with Gasteiger partial charge in [0.15, 0.2) is 0 Å². The molecule has 0 spiro atoms. The lowest BCUT2D eigenvalue weighted by Gasteiger charge is -2.23. The first-order valence-electron chi connectivity index (χ1n) is 14.8. The molecule has 2 unspecified atom stereocenters. The van der Waals surface area contributed by atoms with E-state index in [-0.39, 0.29) is 58.2 Å². The van der Waals surface area contributed by atoms with Crippen LogP contribution in [0.25, 0.3) is 11.1 Å². The monoisotopic (exact) mass is 646 g/mol. The van der Waals surface area contributed by atoms with Crippen molar-refractivity contribution < 1.29 is 47.1 Å². The number of phosphoric ester groups is 1. The van der Waals surface area contributed by atoms with Gasteiger partial charge in [-0.2, -0.15) is 0 Å². The highest BCUT2D eigenvalue weighted by Gasteiger charge is 2.33. The first-order chi connectivity index (χ1) is 21.5. The number of fused-ring (bicyclic) bond motifs is 3. The minimum absolute atomic E-state index is 0.0119. The Balaban J connectivity index is 1.62. The number of hydrogen-bond donors (Lipinski definition) is 3. The third-order valence-electron chi connectivity index (χ3n) is 6.53. The number of alkyl carbamates (subject to hydrolysis) is 1. The fourth-order valence-electron chi connectivity index (χ4n) is 4.59. The maximum atomic E-state index is 13.3. The molecule has 1 aliphatic rings. The Morgan fingerprint density at radius 3 is 2.24 bits per heavy atom. The van der Waals surface area contributed by atoms with Crippen LogP contribution in [0.3, 0.4) is 0 Å². The van der Waals surface area contributed by atoms with Crippen LogP contribution >= 0.6 is 7.82 Å². The summed E-state index contributed by atoms with van der Waals surface area (Å²) in [7, 11) is -4.25. The van der Waals surface area contributed by atoms with Gasteiger partial charge >= 0.3 is 19.9 Å². The fraction of sp³-hybridized carbons (Fsp3) is 0.469. The van der Waals surface area contributed by atoms with Crippen molar-refractivity contribution in [3.8, 4) is 11.1 Å². The molecule has 2 aromatic rings. The molecule has 1 aliphatic carbocycles. The molecule has 0 bridgehead atoms. The summed E-state index contributed by atoms with van der Waals surface area (Å²) >= 11 is 0. The van der Waals surface area contributed by atoms with E-state index in [1.807, 2.05) is 48.5 Å². The molecule has 0 radical (unpaired) electrons. The molecule has 246 valence electrons. The fourth-order valence-corrected chi connectivity index (χ4v) is 5.78. The second-order valence-electron chi connectivity index (χ2n) is 11.2. The largest absolute Gasteiger partial charge is 0.475 e. The zero-order chi connectivity index (χ0) is 32.9. The molecule has 3 rings (SSSR count). The average molecular weight is 647 g/mol. The Labute approximate surface area is 264 Å². The van der Waals surface area contributed by atoms with Crippen LogP contribution < -0.4 is 10.6 Å². The molecule has 0 saturated heterocycles. The van der Waals surface area contributed by atoms with Crippen molar-refractivity contribution in [1.82, 2.24) is 10.6 Å². The van der Waals surface area contributed by atoms with E-state index in [0.717, 1.165) is 22.3 Å². The van der Waals surface area contributed by atoms with E-state index in [9.17, 15) is 18.9 Å². The van der Waals surface area contributed by atoms with E-state index in [2.05, 4.69) is 17.2 Å². The van der Waals surface area contributed by atoms with Crippen LogP contribution in [-0.2, 0) is 37.2 Å². The van der Waals surface area contributed by atoms with Crippen molar-refractivity contribution in [3.05, 3.63) is 72.3 Å². The van der Waals surface area contributed by atoms with Gasteiger partial charge in [0, 0.05) is 25.5 Å². The Morgan fingerprint density at radius 1 is 1.00 bits per heavy atom. The van der Waals surface area contributed by atoms with Crippen molar-refractivity contribution in [2.75, 3.05) is 39.6 Å². The van der Waals surface area contributed by atoms with Crippen LogP contribution in [0, 0.1) is 0 Å². The molecule has 0 heterocycles. The Morgan fingerprint density at radius 2 is 1.64 bits per heavy atom. The van der Waals surface area contributed by atoms with E-state index >= 15 is 0 Å². The molecule has 2 aromatic carbocycles. The summed E-state index contributed by atoms with van der Waals surface area (Å²) in [6.45, 7) is 7.83. The predicted octanol–water partition coefficient (Wildman–Crippen LogP) is 4.86. The average Bonchev–Trinajstić information content (AvgIpc) is 3.32. The summed E-state index contributed by atoms with van der Waals surface area (Å²) in [5, 5.41) is 14.1. The maximum Gasteiger partial charge on any atom is 0.475 e. The van der Waals surface area contributed by atoms with Crippen LogP contribution in [0.2, 0.25) is 0 Å². The number of benzene rings is 2. The summed E-state index contributed by atoms with van der Waals surface area (Å²) in [6, 6.07) is 14.4. The van der Waals surface area contributed by atoms with Gasteiger partial charge in [0.1, 0.15) is 18.2 Å². The predicted molar refractivity (Wildman–Crippen MR) is 167 cm³/mol. The Kier molecular flexibility index (Phi) is 13.8. The van der Waals surface area contributed by atoms with Crippen LogP contribution in [-0.4, -0.2) is 74.3 Å². The summed E-state index contributed by atoms with van der Waals surface area (Å²) in [5.41, 5.74) is 3.54. The summed E-state index contributed by atoms with van der Waals surface area (Å²) in [6.07, 6.45) is 0.920. The van der Waals surface area contributed by atoms with Crippen molar-refractivity contribution in [1.29, 1.82) is 0 Å². The number of hydrogen-bond acceptors (Lipinski definition) is 10. The molecular weight excluding hydrogens is 603 g/mol. The van der Waals surface area contributed by atoms with E-state index in [0.29, 0.717) is 0 Å². The number of esters is 1. The quantitative estimate of drug-likeness (QED) is 0.0884. The van der Waals surface area contributed by atoms with Gasteiger partial charge in [0.2, 0.25) is 5.91 Å². The molecule has 13 heteroatoms. The van der Waals surface area contributed by atoms with Crippen LogP contribution in [0.5, 0.6) is 0 Å². The first kappa shape index (κ1) is 35.9. The highest BCUT2D eigenvalue weighted by Crippen LogP contribution is 2.49. The van der Waals surface area contributed by atoms with Crippen molar-refractivity contribution in [2.45, 2.75) is 57.6 Å². The smallest absolute Gasteiger partial charge is 0.460 e. The number of carbonyl (C=O) groups is 3. The lowest BCUT2D eigenvalue weighted by molar-refractivity contribution is -0.155. The second-order valence-corrected chi connectivity index (χ2v) is 12.9. The van der Waals surface area contributed by atoms with Crippen LogP contribution in [0.1, 0.15) is 57.1 Å². The first-order valence-corrected chi connectivity index (χ1v) is 16.3. The summed E-state index contributed by atoms with van der Waals surface area (Å²) < 4.78 is 40.2. The van der Waals surface area contributed by atoms with Crippen LogP contribution in [0.4, 0.5) is 4.79 Å².